The number of nitrogens with one attached hydrogen (secondary N) is 1. The summed E-state index contributed by atoms with van der Waals surface area (Å²) in [5.74, 6) is 0.865. The van der Waals surface area contributed by atoms with Gasteiger partial charge in [-0.3, -0.25) is 5.10 Å². The number of fused-ring (bicyclic) bond motifs is 1. The molecule has 2 aromatic heterocycles. The van der Waals surface area contributed by atoms with Gasteiger partial charge in [0, 0.05) is 18.7 Å². The normalized spacial score (nSPS) is 17.2. The van der Waals surface area contributed by atoms with Crippen LogP contribution < -0.4 is 10.6 Å². The number of halogens is 1. The fourth-order valence-corrected chi connectivity index (χ4v) is 3.50. The van der Waals surface area contributed by atoms with E-state index in [2.05, 4.69) is 27.0 Å². The number of aromatic amines is 1. The highest BCUT2D eigenvalue weighted by molar-refractivity contribution is 6.33. The Kier molecular flexibility index (Phi) is 4.09. The quantitative estimate of drug-likeness (QED) is 0.752. The lowest BCUT2D eigenvalue weighted by Gasteiger charge is -2.39. The Balaban J connectivity index is 1.64. The van der Waals surface area contributed by atoms with E-state index in [0.29, 0.717) is 10.7 Å². The number of aromatic nitrogens is 4. The molecule has 4 rings (SSSR count). The molecule has 7 heteroatoms. The van der Waals surface area contributed by atoms with Crippen LogP contribution in [0.4, 0.5) is 5.82 Å². The third kappa shape index (κ3) is 2.96. The lowest BCUT2D eigenvalue weighted by molar-refractivity contribution is 0.258. The predicted octanol–water partition coefficient (Wildman–Crippen LogP) is 3.24. The molecule has 0 radical (unpaired) electrons. The molecule has 6 nitrogen and oxygen atoms in total. The van der Waals surface area contributed by atoms with E-state index in [9.17, 15) is 0 Å². The van der Waals surface area contributed by atoms with Crippen molar-refractivity contribution in [3.05, 3.63) is 35.5 Å². The first-order valence-electron chi connectivity index (χ1n) is 8.51. The third-order valence-electron chi connectivity index (χ3n) is 5.18. The van der Waals surface area contributed by atoms with Gasteiger partial charge in [0.1, 0.15) is 11.3 Å². The Morgan fingerprint density at radius 1 is 1.28 bits per heavy atom. The molecule has 0 aliphatic carbocycles. The fourth-order valence-electron chi connectivity index (χ4n) is 3.27. The summed E-state index contributed by atoms with van der Waals surface area (Å²) in [5.41, 5.74) is 9.16. The van der Waals surface area contributed by atoms with Crippen LogP contribution in [0, 0.1) is 5.41 Å². The van der Waals surface area contributed by atoms with E-state index in [1.807, 2.05) is 30.5 Å². The van der Waals surface area contributed by atoms with Crippen molar-refractivity contribution in [2.24, 2.45) is 11.1 Å². The van der Waals surface area contributed by atoms with Crippen LogP contribution in [0.25, 0.3) is 22.4 Å². The Bertz CT molecular complexity index is 897. The molecule has 0 atom stereocenters. The predicted molar refractivity (Wildman–Crippen MR) is 101 cm³/mol. The summed E-state index contributed by atoms with van der Waals surface area (Å²) in [7, 11) is 0. The standard InChI is InChI=1S/C18H21ClN6/c1-18(11-20)6-8-25(9-7-18)14-10-21-16-15(23-24-17(16)22-14)12-4-2-3-5-13(12)19/h2-5,10H,6-9,11,20H2,1H3,(H,22,23,24). The van der Waals surface area contributed by atoms with E-state index >= 15 is 0 Å². The third-order valence-corrected chi connectivity index (χ3v) is 5.51. The monoisotopic (exact) mass is 356 g/mol. The van der Waals surface area contributed by atoms with Gasteiger partial charge in [0.25, 0.3) is 0 Å². The number of hydrogen-bond donors (Lipinski definition) is 2. The highest BCUT2D eigenvalue weighted by Gasteiger charge is 2.29. The number of piperidine rings is 1. The van der Waals surface area contributed by atoms with Gasteiger partial charge < -0.3 is 10.6 Å². The van der Waals surface area contributed by atoms with Gasteiger partial charge >= 0.3 is 0 Å². The number of anilines is 1. The zero-order valence-corrected chi connectivity index (χ0v) is 14.9. The molecule has 1 fully saturated rings. The van der Waals surface area contributed by atoms with Crippen molar-refractivity contribution in [3.8, 4) is 11.3 Å². The fraction of sp³-hybridized carbons (Fsp3) is 0.389. The molecule has 130 valence electrons. The van der Waals surface area contributed by atoms with Crippen LogP contribution in [0.5, 0.6) is 0 Å². The Labute approximate surface area is 151 Å². The smallest absolute Gasteiger partial charge is 0.202 e. The number of benzene rings is 1. The summed E-state index contributed by atoms with van der Waals surface area (Å²) >= 11 is 6.30. The molecule has 0 amide bonds. The van der Waals surface area contributed by atoms with Crippen LogP contribution in [0.2, 0.25) is 5.02 Å². The van der Waals surface area contributed by atoms with E-state index in [0.717, 1.165) is 55.1 Å². The van der Waals surface area contributed by atoms with Crippen LogP contribution in [0.15, 0.2) is 30.5 Å². The van der Waals surface area contributed by atoms with Crippen molar-refractivity contribution >= 4 is 28.6 Å². The van der Waals surface area contributed by atoms with E-state index in [4.69, 9.17) is 22.3 Å². The van der Waals surface area contributed by atoms with E-state index in [1.54, 1.807) is 0 Å². The van der Waals surface area contributed by atoms with Crippen LogP contribution in [0.3, 0.4) is 0 Å². The van der Waals surface area contributed by atoms with Gasteiger partial charge in [-0.05, 0) is 30.9 Å². The molecule has 0 saturated carbocycles. The second-order valence-electron chi connectivity index (χ2n) is 6.98. The van der Waals surface area contributed by atoms with Crippen molar-refractivity contribution in [1.29, 1.82) is 0 Å². The molecule has 0 unspecified atom stereocenters. The number of H-pyrrole nitrogens is 1. The minimum Gasteiger partial charge on any atom is -0.355 e. The van der Waals surface area contributed by atoms with Gasteiger partial charge in [-0.25, -0.2) is 9.97 Å². The lowest BCUT2D eigenvalue weighted by atomic mass is 9.80. The molecule has 0 bridgehead atoms. The Morgan fingerprint density at radius 3 is 2.76 bits per heavy atom. The average Bonchev–Trinajstić information content (AvgIpc) is 3.06. The Morgan fingerprint density at radius 2 is 2.04 bits per heavy atom. The minimum absolute atomic E-state index is 0.234. The summed E-state index contributed by atoms with van der Waals surface area (Å²) in [5, 5.41) is 8.02. The van der Waals surface area contributed by atoms with Crippen LogP contribution in [-0.4, -0.2) is 39.8 Å². The second kappa shape index (κ2) is 6.28. The molecular formula is C18H21ClN6. The van der Waals surface area contributed by atoms with Gasteiger partial charge in [0.2, 0.25) is 5.65 Å². The van der Waals surface area contributed by atoms with Crippen LogP contribution in [0.1, 0.15) is 19.8 Å². The summed E-state index contributed by atoms with van der Waals surface area (Å²) in [6.45, 7) is 4.86. The number of nitrogens with zero attached hydrogens (tertiary/aromatic N) is 4. The molecule has 25 heavy (non-hydrogen) atoms. The van der Waals surface area contributed by atoms with Gasteiger partial charge in [0.15, 0.2) is 0 Å². The van der Waals surface area contributed by atoms with Gasteiger partial charge in [-0.1, -0.05) is 36.7 Å². The number of hydrogen-bond acceptors (Lipinski definition) is 5. The maximum absolute atomic E-state index is 6.30. The molecule has 1 saturated heterocycles. The molecule has 0 spiro atoms. The first kappa shape index (κ1) is 16.3. The van der Waals surface area contributed by atoms with Gasteiger partial charge in [-0.15, -0.1) is 0 Å². The highest BCUT2D eigenvalue weighted by atomic mass is 35.5. The van der Waals surface area contributed by atoms with Crippen LogP contribution >= 0.6 is 11.6 Å². The van der Waals surface area contributed by atoms with E-state index < -0.39 is 0 Å². The second-order valence-corrected chi connectivity index (χ2v) is 7.39. The maximum atomic E-state index is 6.30. The molecular weight excluding hydrogens is 336 g/mol. The first-order chi connectivity index (χ1) is 12.1. The summed E-state index contributed by atoms with van der Waals surface area (Å²) in [6.07, 6.45) is 3.95. The molecule has 3 aromatic rings. The zero-order valence-electron chi connectivity index (χ0n) is 14.2. The molecule has 1 aliphatic rings. The van der Waals surface area contributed by atoms with Gasteiger partial charge in [0.05, 0.1) is 16.9 Å². The van der Waals surface area contributed by atoms with E-state index in [-0.39, 0.29) is 5.41 Å². The number of rotatable bonds is 3. The molecule has 3 N–H and O–H groups in total. The Hall–Kier alpha value is -2.18. The van der Waals surface area contributed by atoms with Crippen molar-refractivity contribution < 1.29 is 0 Å². The van der Waals surface area contributed by atoms with Crippen molar-refractivity contribution in [2.45, 2.75) is 19.8 Å². The van der Waals surface area contributed by atoms with Crippen molar-refractivity contribution in [2.75, 3.05) is 24.5 Å². The largest absolute Gasteiger partial charge is 0.355 e. The van der Waals surface area contributed by atoms with E-state index in [1.165, 1.54) is 0 Å². The molecule has 1 aliphatic heterocycles. The molecule has 1 aromatic carbocycles. The zero-order chi connectivity index (χ0) is 17.4. The topological polar surface area (TPSA) is 83.7 Å². The lowest BCUT2D eigenvalue weighted by Crippen LogP contribution is -2.42. The minimum atomic E-state index is 0.234. The molecule has 3 heterocycles. The van der Waals surface area contributed by atoms with Gasteiger partial charge in [-0.2, -0.15) is 5.10 Å². The first-order valence-corrected chi connectivity index (χ1v) is 8.88. The van der Waals surface area contributed by atoms with Crippen molar-refractivity contribution in [3.63, 3.8) is 0 Å². The summed E-state index contributed by atoms with van der Waals surface area (Å²) in [4.78, 5) is 11.6. The highest BCUT2D eigenvalue weighted by Crippen LogP contribution is 2.33. The number of nitrogens with two attached hydrogens (primary N) is 1. The van der Waals surface area contributed by atoms with Crippen molar-refractivity contribution in [1.82, 2.24) is 20.2 Å². The summed E-state index contributed by atoms with van der Waals surface area (Å²) in [6, 6.07) is 7.65. The van der Waals surface area contributed by atoms with Crippen LogP contribution in [-0.2, 0) is 0 Å². The SMILES string of the molecule is CC1(CN)CCN(c2cnc3c(-c4ccccc4Cl)[nH]nc3n2)CC1. The average molecular weight is 357 g/mol. The summed E-state index contributed by atoms with van der Waals surface area (Å²) < 4.78 is 0. The maximum Gasteiger partial charge on any atom is 0.202 e.